The van der Waals surface area contributed by atoms with E-state index in [1.165, 1.54) is 34.4 Å². The van der Waals surface area contributed by atoms with Gasteiger partial charge in [-0.2, -0.15) is 4.99 Å². The van der Waals surface area contributed by atoms with Gasteiger partial charge in [0.2, 0.25) is 5.91 Å². The van der Waals surface area contributed by atoms with E-state index in [2.05, 4.69) is 21.2 Å². The van der Waals surface area contributed by atoms with E-state index in [9.17, 15) is 9.59 Å². The molecule has 4 rings (SSSR count). The van der Waals surface area contributed by atoms with E-state index in [0.29, 0.717) is 23.1 Å². The van der Waals surface area contributed by atoms with Crippen LogP contribution in [0.3, 0.4) is 0 Å². The molecule has 1 N–H and O–H groups in total. The lowest BCUT2D eigenvalue weighted by Crippen LogP contribution is -2.18. The van der Waals surface area contributed by atoms with Crippen LogP contribution < -0.4 is 14.9 Å². The average Bonchev–Trinajstić information content (AvgIpc) is 3.44. The monoisotopic (exact) mass is 522 g/mol. The van der Waals surface area contributed by atoms with Crippen LogP contribution in [0.25, 0.3) is 21.5 Å². The van der Waals surface area contributed by atoms with Crippen LogP contribution in [0.2, 0.25) is 0 Å². The predicted molar refractivity (Wildman–Crippen MR) is 144 cm³/mol. The van der Waals surface area contributed by atoms with Crippen molar-refractivity contribution < 1.29 is 14.3 Å². The molecule has 0 spiro atoms. The Balaban J connectivity index is 1.36. The molecule has 2 aromatic carbocycles. The van der Waals surface area contributed by atoms with Gasteiger partial charge in [0.05, 0.1) is 40.6 Å². The van der Waals surface area contributed by atoms with E-state index in [4.69, 9.17) is 11.2 Å². The minimum atomic E-state index is -0.328. The van der Waals surface area contributed by atoms with Gasteiger partial charge in [0.1, 0.15) is 5.75 Å². The first-order chi connectivity index (χ1) is 17.1. The number of thioether (sulfide) groups is 1. The van der Waals surface area contributed by atoms with Crippen molar-refractivity contribution in [2.24, 2.45) is 4.99 Å². The Morgan fingerprint density at radius 1 is 1.23 bits per heavy atom. The Kier molecular flexibility index (Phi) is 8.36. The summed E-state index contributed by atoms with van der Waals surface area (Å²) in [5.41, 5.74) is 2.70. The van der Waals surface area contributed by atoms with Crippen LogP contribution in [0.5, 0.6) is 5.75 Å². The zero-order valence-electron chi connectivity index (χ0n) is 18.9. The maximum absolute atomic E-state index is 12.5. The number of amides is 2. The van der Waals surface area contributed by atoms with Gasteiger partial charge in [0.15, 0.2) is 9.93 Å². The Bertz CT molecular complexity index is 1450. The second-order valence-electron chi connectivity index (χ2n) is 7.19. The maximum Gasteiger partial charge on any atom is 0.258 e. The third-order valence-electron chi connectivity index (χ3n) is 4.71. The number of fused-ring (bicyclic) bond motifs is 1. The van der Waals surface area contributed by atoms with E-state index in [0.717, 1.165) is 27.2 Å². The van der Waals surface area contributed by atoms with E-state index in [1.54, 1.807) is 0 Å². The lowest BCUT2D eigenvalue weighted by atomic mass is 10.2. The Morgan fingerprint density at radius 3 is 2.83 bits per heavy atom. The number of nitrogens with zero attached hydrogens (tertiary/aromatic N) is 3. The molecule has 0 fully saturated rings. The van der Waals surface area contributed by atoms with Gasteiger partial charge in [-0.3, -0.25) is 9.59 Å². The number of terminal acetylenes is 1. The topological polar surface area (TPSA) is 85.6 Å². The number of ether oxygens (including phenoxy) is 1. The first-order valence-electron chi connectivity index (χ1n) is 10.7. The van der Waals surface area contributed by atoms with Gasteiger partial charge in [0.25, 0.3) is 5.91 Å². The lowest BCUT2D eigenvalue weighted by molar-refractivity contribution is -0.115. The van der Waals surface area contributed by atoms with Crippen LogP contribution >= 0.6 is 34.4 Å². The quantitative estimate of drug-likeness (QED) is 0.323. The van der Waals surface area contributed by atoms with E-state index in [1.807, 2.05) is 65.4 Å². The third kappa shape index (κ3) is 6.39. The predicted octanol–water partition coefficient (Wildman–Crippen LogP) is 4.66. The minimum absolute atomic E-state index is 0.0784. The molecule has 0 aliphatic carbocycles. The van der Waals surface area contributed by atoms with Crippen molar-refractivity contribution in [3.63, 3.8) is 0 Å². The highest BCUT2D eigenvalue weighted by atomic mass is 32.2. The summed E-state index contributed by atoms with van der Waals surface area (Å²) in [4.78, 5) is 34.0. The molecular formula is C25H22N4O3S3. The highest BCUT2D eigenvalue weighted by molar-refractivity contribution is 8.00. The standard InChI is InChI=1S/C25H22N4O3S3/c1-3-12-29-20-11-10-18(32-4-2)13-21(20)35-25(29)28-23(31)16-33-15-22(30)27-24-26-19(14-34-24)17-8-6-5-7-9-17/h1,5-11,13-14H,4,12,15-16H2,2H3,(H,26,27,30). The summed E-state index contributed by atoms with van der Waals surface area (Å²) in [6.07, 6.45) is 5.53. The van der Waals surface area contributed by atoms with Crippen LogP contribution in [0, 0.1) is 12.3 Å². The molecule has 0 saturated heterocycles. The smallest absolute Gasteiger partial charge is 0.258 e. The molecule has 0 unspecified atom stereocenters. The third-order valence-corrected chi connectivity index (χ3v) is 7.43. The van der Waals surface area contributed by atoms with Crippen molar-refractivity contribution in [3.05, 3.63) is 58.7 Å². The molecule has 0 bridgehead atoms. The molecule has 178 valence electrons. The number of hydrogen-bond acceptors (Lipinski definition) is 7. The SMILES string of the molecule is C#CCn1c(=NC(=O)CSCC(=O)Nc2nc(-c3ccccc3)cs2)sc2cc(OCC)ccc21. The number of carbonyl (C=O) groups is 2. The first kappa shape index (κ1) is 24.7. The molecule has 0 saturated carbocycles. The number of carbonyl (C=O) groups excluding carboxylic acids is 2. The molecule has 4 aromatic rings. The fraction of sp³-hybridized carbons (Fsp3) is 0.200. The largest absolute Gasteiger partial charge is 0.494 e. The molecule has 7 nitrogen and oxygen atoms in total. The number of benzene rings is 2. The van der Waals surface area contributed by atoms with Crippen LogP contribution in [0.15, 0.2) is 58.9 Å². The van der Waals surface area contributed by atoms with Gasteiger partial charge in [0, 0.05) is 10.9 Å². The molecule has 0 radical (unpaired) electrons. The highest BCUT2D eigenvalue weighted by Crippen LogP contribution is 2.25. The molecule has 0 aliphatic rings. The zero-order chi connectivity index (χ0) is 24.6. The zero-order valence-corrected chi connectivity index (χ0v) is 21.3. The fourth-order valence-corrected chi connectivity index (χ4v) is 5.65. The number of nitrogens with one attached hydrogen (secondary N) is 1. The van der Waals surface area contributed by atoms with Gasteiger partial charge in [-0.05, 0) is 25.1 Å². The van der Waals surface area contributed by atoms with E-state index in [-0.39, 0.29) is 23.3 Å². The second kappa shape index (κ2) is 11.8. The lowest BCUT2D eigenvalue weighted by Gasteiger charge is -2.03. The maximum atomic E-state index is 12.5. The van der Waals surface area contributed by atoms with E-state index >= 15 is 0 Å². The second-order valence-corrected chi connectivity index (χ2v) is 10.0. The fourth-order valence-electron chi connectivity index (χ4n) is 3.24. The van der Waals surface area contributed by atoms with Crippen LogP contribution in [0.4, 0.5) is 5.13 Å². The van der Waals surface area contributed by atoms with Crippen molar-refractivity contribution in [2.45, 2.75) is 13.5 Å². The normalized spacial score (nSPS) is 11.4. The summed E-state index contributed by atoms with van der Waals surface area (Å²) < 4.78 is 8.33. The molecule has 35 heavy (non-hydrogen) atoms. The number of thiazole rings is 2. The highest BCUT2D eigenvalue weighted by Gasteiger charge is 2.11. The van der Waals surface area contributed by atoms with Gasteiger partial charge in [-0.25, -0.2) is 4.98 Å². The van der Waals surface area contributed by atoms with Crippen LogP contribution in [0.1, 0.15) is 6.92 Å². The van der Waals surface area contributed by atoms with Crippen molar-refractivity contribution in [1.82, 2.24) is 9.55 Å². The molecule has 10 heteroatoms. The summed E-state index contributed by atoms with van der Waals surface area (Å²) in [6, 6.07) is 15.5. The summed E-state index contributed by atoms with van der Waals surface area (Å²) >= 11 is 3.94. The van der Waals surface area contributed by atoms with Gasteiger partial charge < -0.3 is 14.6 Å². The van der Waals surface area contributed by atoms with E-state index < -0.39 is 0 Å². The summed E-state index contributed by atoms with van der Waals surface area (Å²) in [7, 11) is 0. The number of anilines is 1. The molecule has 0 aliphatic heterocycles. The Labute approximate surface area is 214 Å². The Morgan fingerprint density at radius 2 is 2.06 bits per heavy atom. The molecule has 2 heterocycles. The molecule has 2 aromatic heterocycles. The van der Waals surface area contributed by atoms with Crippen molar-refractivity contribution in [3.8, 4) is 29.4 Å². The van der Waals surface area contributed by atoms with Crippen molar-refractivity contribution >= 4 is 61.6 Å². The number of aromatic nitrogens is 2. The average molecular weight is 523 g/mol. The number of rotatable bonds is 9. The van der Waals surface area contributed by atoms with Crippen molar-refractivity contribution in [1.29, 1.82) is 0 Å². The van der Waals surface area contributed by atoms with Crippen LogP contribution in [-0.2, 0) is 16.1 Å². The van der Waals surface area contributed by atoms with Gasteiger partial charge in [-0.1, -0.05) is 47.6 Å². The Hall–Kier alpha value is -3.39. The van der Waals surface area contributed by atoms with Crippen LogP contribution in [-0.4, -0.2) is 39.5 Å². The first-order valence-corrected chi connectivity index (χ1v) is 13.6. The molecule has 0 atom stereocenters. The van der Waals surface area contributed by atoms with Gasteiger partial charge in [-0.15, -0.1) is 29.5 Å². The van der Waals surface area contributed by atoms with Gasteiger partial charge >= 0.3 is 0 Å². The summed E-state index contributed by atoms with van der Waals surface area (Å²) in [5, 5.41) is 5.21. The summed E-state index contributed by atoms with van der Waals surface area (Å²) in [6.45, 7) is 2.79. The number of hydrogen-bond donors (Lipinski definition) is 1. The van der Waals surface area contributed by atoms with Crippen molar-refractivity contribution in [2.75, 3.05) is 23.4 Å². The minimum Gasteiger partial charge on any atom is -0.494 e. The summed E-state index contributed by atoms with van der Waals surface area (Å²) in [5.74, 6) is 3.02. The molecule has 2 amide bonds. The molecular weight excluding hydrogens is 501 g/mol.